The molecule has 0 bridgehead atoms. The minimum Gasteiger partial charge on any atom is -0.271 e. The second-order valence-corrected chi connectivity index (χ2v) is 7.63. The number of primary sulfonamides is 1. The highest BCUT2D eigenvalue weighted by atomic mass is 32.2. The van der Waals surface area contributed by atoms with E-state index in [0.29, 0.717) is 11.6 Å². The zero-order valence-corrected chi connectivity index (χ0v) is 15.4. The lowest BCUT2D eigenvalue weighted by molar-refractivity contribution is -0.384. The Labute approximate surface area is 151 Å². The molecule has 2 rings (SSSR count). The summed E-state index contributed by atoms with van der Waals surface area (Å²) in [4.78, 5) is 10.2. The molecule has 0 fully saturated rings. The van der Waals surface area contributed by atoms with Gasteiger partial charge in [-0.25, -0.2) is 13.6 Å². The van der Waals surface area contributed by atoms with Crippen LogP contribution < -0.4 is 10.6 Å². The smallest absolute Gasteiger partial charge is 0.271 e. The van der Waals surface area contributed by atoms with E-state index in [9.17, 15) is 18.5 Å². The number of hydrogen-bond acceptors (Lipinski definition) is 6. The summed E-state index contributed by atoms with van der Waals surface area (Å²) in [5.41, 5.74) is 4.96. The summed E-state index contributed by atoms with van der Waals surface area (Å²) >= 11 is 0. The number of nitrogens with two attached hydrogens (primary N) is 1. The van der Waals surface area contributed by atoms with Gasteiger partial charge in [-0.3, -0.25) is 15.5 Å². The fraction of sp³-hybridized carbons (Fsp3) is 0.235. The lowest BCUT2D eigenvalue weighted by Gasteiger charge is -2.08. The lowest BCUT2D eigenvalue weighted by Crippen LogP contribution is -2.12. The van der Waals surface area contributed by atoms with E-state index in [4.69, 9.17) is 5.14 Å². The molecular weight excluding hydrogens is 356 g/mol. The average Bonchev–Trinajstić information content (AvgIpc) is 2.58. The van der Waals surface area contributed by atoms with E-state index in [1.807, 2.05) is 24.3 Å². The van der Waals surface area contributed by atoms with E-state index in [1.54, 1.807) is 6.92 Å². The van der Waals surface area contributed by atoms with Gasteiger partial charge in [0, 0.05) is 6.07 Å². The lowest BCUT2D eigenvalue weighted by atomic mass is 10.0. The predicted octanol–water partition coefficient (Wildman–Crippen LogP) is 3.20. The Morgan fingerprint density at radius 3 is 2.31 bits per heavy atom. The van der Waals surface area contributed by atoms with Crippen molar-refractivity contribution in [1.82, 2.24) is 0 Å². The van der Waals surface area contributed by atoms with Crippen molar-refractivity contribution in [3.63, 3.8) is 0 Å². The zero-order chi connectivity index (χ0) is 19.5. The topological polar surface area (TPSA) is 128 Å². The Balaban J connectivity index is 2.29. The highest BCUT2D eigenvalue weighted by Gasteiger charge is 2.19. The number of rotatable bonds is 6. The van der Waals surface area contributed by atoms with E-state index in [2.05, 4.69) is 24.4 Å². The van der Waals surface area contributed by atoms with Crippen LogP contribution in [0.4, 0.5) is 11.4 Å². The second-order valence-electron chi connectivity index (χ2n) is 6.07. The van der Waals surface area contributed by atoms with Crippen LogP contribution in [0.3, 0.4) is 0 Å². The normalized spacial score (nSPS) is 12.3. The summed E-state index contributed by atoms with van der Waals surface area (Å²) in [5.74, 6) is 0.416. The maximum Gasteiger partial charge on any atom is 0.295 e. The SMILES string of the molecule is C/C(=N/Nc1ccc(S(N)(=O)=O)cc1[N+](=O)[O-])c1ccc(C(C)C)cc1. The van der Waals surface area contributed by atoms with Crippen LogP contribution in [0.1, 0.15) is 37.8 Å². The molecule has 26 heavy (non-hydrogen) atoms. The molecule has 0 aliphatic heterocycles. The predicted molar refractivity (Wildman–Crippen MR) is 101 cm³/mol. The van der Waals surface area contributed by atoms with Gasteiger partial charge in [0.1, 0.15) is 5.69 Å². The molecule has 0 unspecified atom stereocenters. The summed E-state index contributed by atoms with van der Waals surface area (Å²) in [6.07, 6.45) is 0. The maximum atomic E-state index is 11.4. The van der Waals surface area contributed by atoms with Gasteiger partial charge in [0.2, 0.25) is 10.0 Å². The molecule has 9 heteroatoms. The Bertz CT molecular complexity index is 951. The van der Waals surface area contributed by atoms with Gasteiger partial charge in [-0.2, -0.15) is 5.10 Å². The molecule has 2 aromatic rings. The van der Waals surface area contributed by atoms with Gasteiger partial charge in [0.05, 0.1) is 15.5 Å². The molecule has 8 nitrogen and oxygen atoms in total. The molecule has 0 amide bonds. The Kier molecular flexibility index (Phi) is 5.73. The molecule has 0 saturated carbocycles. The van der Waals surface area contributed by atoms with E-state index < -0.39 is 20.6 Å². The Morgan fingerprint density at radius 1 is 1.19 bits per heavy atom. The van der Waals surface area contributed by atoms with E-state index in [0.717, 1.165) is 11.6 Å². The zero-order valence-electron chi connectivity index (χ0n) is 14.6. The molecule has 0 atom stereocenters. The summed E-state index contributed by atoms with van der Waals surface area (Å²) in [7, 11) is -4.03. The van der Waals surface area contributed by atoms with Crippen LogP contribution in [-0.2, 0) is 10.0 Å². The van der Waals surface area contributed by atoms with E-state index in [1.165, 1.54) is 17.7 Å². The Hall–Kier alpha value is -2.78. The van der Waals surface area contributed by atoms with Crippen LogP contribution in [0.5, 0.6) is 0 Å². The molecule has 0 aromatic heterocycles. The highest BCUT2D eigenvalue weighted by Crippen LogP contribution is 2.27. The first-order valence-corrected chi connectivity index (χ1v) is 9.36. The van der Waals surface area contributed by atoms with Crippen molar-refractivity contribution < 1.29 is 13.3 Å². The number of nitro groups is 1. The third kappa shape index (κ3) is 4.64. The quantitative estimate of drug-likeness (QED) is 0.454. The summed E-state index contributed by atoms with van der Waals surface area (Å²) in [5, 5.41) is 20.4. The minimum absolute atomic E-state index is 0.0700. The van der Waals surface area contributed by atoms with Crippen LogP contribution >= 0.6 is 0 Å². The van der Waals surface area contributed by atoms with Crippen molar-refractivity contribution in [3.05, 3.63) is 63.7 Å². The van der Waals surface area contributed by atoms with Crippen molar-refractivity contribution in [3.8, 4) is 0 Å². The van der Waals surface area contributed by atoms with Crippen molar-refractivity contribution in [2.24, 2.45) is 10.2 Å². The van der Waals surface area contributed by atoms with Crippen LogP contribution in [-0.4, -0.2) is 19.1 Å². The third-order valence-electron chi connectivity index (χ3n) is 3.83. The number of sulfonamides is 1. The van der Waals surface area contributed by atoms with Gasteiger partial charge < -0.3 is 0 Å². The maximum absolute atomic E-state index is 11.4. The molecule has 0 aliphatic rings. The first kappa shape index (κ1) is 19.5. The van der Waals surface area contributed by atoms with Crippen molar-refractivity contribution in [1.29, 1.82) is 0 Å². The first-order chi connectivity index (χ1) is 12.1. The largest absolute Gasteiger partial charge is 0.295 e. The van der Waals surface area contributed by atoms with Gasteiger partial charge in [-0.1, -0.05) is 38.1 Å². The fourth-order valence-electron chi connectivity index (χ4n) is 2.25. The molecule has 0 spiro atoms. The molecule has 0 aliphatic carbocycles. The number of hydrazone groups is 1. The standard InChI is InChI=1S/C17H20N4O4S/c1-11(2)13-4-6-14(7-5-13)12(3)19-20-16-9-8-15(26(18,24)25)10-17(16)21(22)23/h4-11,20H,1-3H3,(H2,18,24,25)/b19-12-. The second kappa shape index (κ2) is 7.63. The number of benzene rings is 2. The van der Waals surface area contributed by atoms with Gasteiger partial charge >= 0.3 is 0 Å². The summed E-state index contributed by atoms with van der Waals surface area (Å²) in [6, 6.07) is 11.2. The van der Waals surface area contributed by atoms with Crippen LogP contribution in [0.2, 0.25) is 0 Å². The summed E-state index contributed by atoms with van der Waals surface area (Å²) < 4.78 is 22.7. The molecule has 0 heterocycles. The molecule has 0 radical (unpaired) electrons. The number of nitro benzene ring substituents is 1. The monoisotopic (exact) mass is 376 g/mol. The van der Waals surface area contributed by atoms with Gasteiger partial charge in [0.25, 0.3) is 5.69 Å². The summed E-state index contributed by atoms with van der Waals surface area (Å²) in [6.45, 7) is 5.96. The van der Waals surface area contributed by atoms with Crippen molar-refractivity contribution in [2.75, 3.05) is 5.43 Å². The molecular formula is C17H20N4O4S. The van der Waals surface area contributed by atoms with Crippen LogP contribution in [0, 0.1) is 10.1 Å². The number of nitrogens with zero attached hydrogens (tertiary/aromatic N) is 2. The van der Waals surface area contributed by atoms with E-state index in [-0.39, 0.29) is 10.6 Å². The van der Waals surface area contributed by atoms with Gasteiger partial charge in [-0.15, -0.1) is 0 Å². The van der Waals surface area contributed by atoms with Gasteiger partial charge in [0.15, 0.2) is 0 Å². The number of hydrogen-bond donors (Lipinski definition) is 2. The number of anilines is 1. The first-order valence-electron chi connectivity index (χ1n) is 7.81. The van der Waals surface area contributed by atoms with E-state index >= 15 is 0 Å². The molecule has 2 aromatic carbocycles. The minimum atomic E-state index is -4.03. The Morgan fingerprint density at radius 2 is 1.81 bits per heavy atom. The van der Waals surface area contributed by atoms with Crippen LogP contribution in [0.25, 0.3) is 0 Å². The molecule has 3 N–H and O–H groups in total. The average molecular weight is 376 g/mol. The highest BCUT2D eigenvalue weighted by molar-refractivity contribution is 7.89. The van der Waals surface area contributed by atoms with Crippen LogP contribution in [0.15, 0.2) is 52.5 Å². The third-order valence-corrected chi connectivity index (χ3v) is 4.74. The van der Waals surface area contributed by atoms with Crippen molar-refractivity contribution in [2.45, 2.75) is 31.6 Å². The number of nitrogens with one attached hydrogen (secondary N) is 1. The van der Waals surface area contributed by atoms with Crippen molar-refractivity contribution >= 4 is 27.1 Å². The molecule has 0 saturated heterocycles. The fourth-order valence-corrected chi connectivity index (χ4v) is 2.79. The molecule has 138 valence electrons. The van der Waals surface area contributed by atoms with Gasteiger partial charge in [-0.05, 0) is 36.1 Å².